The van der Waals surface area contributed by atoms with Crippen LogP contribution in [0.25, 0.3) is 10.6 Å². The molecule has 0 aliphatic carbocycles. The van der Waals surface area contributed by atoms with E-state index in [2.05, 4.69) is 20.2 Å². The third-order valence-electron chi connectivity index (χ3n) is 4.40. The number of thiazole rings is 1. The van der Waals surface area contributed by atoms with E-state index >= 15 is 0 Å². The lowest BCUT2D eigenvalue weighted by Crippen LogP contribution is -2.35. The van der Waals surface area contributed by atoms with Crippen molar-refractivity contribution in [2.24, 2.45) is 0 Å². The number of aryl methyl sites for hydroxylation is 1. The Balaban J connectivity index is 1.51. The van der Waals surface area contributed by atoms with Gasteiger partial charge in [0.15, 0.2) is 5.13 Å². The van der Waals surface area contributed by atoms with Crippen molar-refractivity contribution in [1.82, 2.24) is 15.0 Å². The lowest BCUT2D eigenvalue weighted by atomic mass is 10.1. The Labute approximate surface area is 156 Å². The molecule has 6 nitrogen and oxygen atoms in total. The second kappa shape index (κ2) is 7.39. The summed E-state index contributed by atoms with van der Waals surface area (Å²) in [4.78, 5) is 16.8. The Morgan fingerprint density at radius 2 is 2.00 bits per heavy atom. The first kappa shape index (κ1) is 16.9. The number of aliphatic hydroxyl groups excluding tert-OH is 1. The van der Waals surface area contributed by atoms with Gasteiger partial charge in [-0.05, 0) is 49.6 Å². The fraction of sp³-hybridized carbons (Fsp3) is 0.316. The number of rotatable bonds is 4. The number of piperidine rings is 1. The number of aliphatic hydroxyl groups is 1. The van der Waals surface area contributed by atoms with Gasteiger partial charge in [-0.1, -0.05) is 17.4 Å². The van der Waals surface area contributed by atoms with Crippen LogP contribution in [0.3, 0.4) is 0 Å². The highest BCUT2D eigenvalue weighted by Crippen LogP contribution is 2.32. The maximum absolute atomic E-state index is 9.66. The van der Waals surface area contributed by atoms with E-state index in [4.69, 9.17) is 4.98 Å². The molecule has 1 saturated heterocycles. The summed E-state index contributed by atoms with van der Waals surface area (Å²) in [7, 11) is 0. The van der Waals surface area contributed by atoms with E-state index in [0.29, 0.717) is 0 Å². The molecule has 4 heterocycles. The van der Waals surface area contributed by atoms with Gasteiger partial charge in [-0.3, -0.25) is 0 Å². The summed E-state index contributed by atoms with van der Waals surface area (Å²) in [6, 6.07) is 9.86. The smallest absolute Gasteiger partial charge is 0.185 e. The van der Waals surface area contributed by atoms with Gasteiger partial charge in [0, 0.05) is 25.5 Å². The van der Waals surface area contributed by atoms with Gasteiger partial charge in [0.1, 0.15) is 11.6 Å². The minimum atomic E-state index is -0.176. The summed E-state index contributed by atoms with van der Waals surface area (Å²) in [6.07, 6.45) is 5.09. The molecule has 0 spiro atoms. The van der Waals surface area contributed by atoms with Crippen LogP contribution in [0, 0.1) is 6.92 Å². The molecule has 0 amide bonds. The Hall–Kier alpha value is -2.51. The van der Waals surface area contributed by atoms with Gasteiger partial charge in [-0.2, -0.15) is 0 Å². The summed E-state index contributed by atoms with van der Waals surface area (Å²) in [5.41, 5.74) is 2.04. The van der Waals surface area contributed by atoms with Crippen LogP contribution >= 0.6 is 11.3 Å². The van der Waals surface area contributed by atoms with Crippen molar-refractivity contribution in [3.8, 4) is 10.6 Å². The molecule has 0 unspecified atom stereocenters. The maximum Gasteiger partial charge on any atom is 0.185 e. The zero-order valence-electron chi connectivity index (χ0n) is 14.6. The number of hydrogen-bond acceptors (Lipinski definition) is 7. The second-order valence-electron chi connectivity index (χ2n) is 6.48. The largest absolute Gasteiger partial charge is 0.393 e. The zero-order chi connectivity index (χ0) is 17.9. The Morgan fingerprint density at radius 1 is 1.15 bits per heavy atom. The first-order valence-electron chi connectivity index (χ1n) is 8.73. The molecule has 0 atom stereocenters. The normalized spacial score (nSPS) is 15.2. The highest BCUT2D eigenvalue weighted by Gasteiger charge is 2.20. The highest BCUT2D eigenvalue weighted by atomic mass is 32.1. The number of anilines is 3. The van der Waals surface area contributed by atoms with Crippen molar-refractivity contribution in [1.29, 1.82) is 0 Å². The number of nitrogens with one attached hydrogen (secondary N) is 1. The van der Waals surface area contributed by atoms with E-state index < -0.39 is 0 Å². The summed E-state index contributed by atoms with van der Waals surface area (Å²) in [5.74, 6) is 1.54. The fourth-order valence-corrected chi connectivity index (χ4v) is 3.90. The minimum absolute atomic E-state index is 0.176. The van der Waals surface area contributed by atoms with E-state index in [1.165, 1.54) is 0 Å². The van der Waals surface area contributed by atoms with E-state index in [1.54, 1.807) is 17.5 Å². The lowest BCUT2D eigenvalue weighted by molar-refractivity contribution is 0.145. The molecule has 7 heteroatoms. The summed E-state index contributed by atoms with van der Waals surface area (Å²) >= 11 is 1.64. The SMILES string of the molecule is Cc1ccnc(Nc2cccc(-c3cnc(N4CCC(O)CC4)s3)n2)c1. The van der Waals surface area contributed by atoms with Gasteiger partial charge in [0.05, 0.1) is 16.7 Å². The van der Waals surface area contributed by atoms with E-state index in [0.717, 1.165) is 58.8 Å². The number of pyridine rings is 2. The van der Waals surface area contributed by atoms with Crippen LogP contribution in [-0.4, -0.2) is 39.3 Å². The first-order chi connectivity index (χ1) is 12.7. The molecule has 0 bridgehead atoms. The summed E-state index contributed by atoms with van der Waals surface area (Å²) < 4.78 is 0. The minimum Gasteiger partial charge on any atom is -0.393 e. The predicted octanol–water partition coefficient (Wildman–Crippen LogP) is 3.61. The molecule has 26 heavy (non-hydrogen) atoms. The topological polar surface area (TPSA) is 74.2 Å². The number of aromatic nitrogens is 3. The van der Waals surface area contributed by atoms with E-state index in [9.17, 15) is 5.11 Å². The third kappa shape index (κ3) is 3.84. The first-order valence-corrected chi connectivity index (χ1v) is 9.55. The van der Waals surface area contributed by atoms with Crippen LogP contribution in [0.5, 0.6) is 0 Å². The molecule has 1 fully saturated rings. The standard InChI is InChI=1S/C19H21N5OS/c1-13-5-8-20-18(11-13)23-17-4-2-3-15(22-17)16-12-21-19(26-16)24-9-6-14(25)7-10-24/h2-5,8,11-12,14,25H,6-7,9-10H2,1H3,(H,20,22,23). The van der Waals surface area contributed by atoms with Crippen LogP contribution in [0.15, 0.2) is 42.7 Å². The monoisotopic (exact) mass is 367 g/mol. The Kier molecular flexibility index (Phi) is 4.81. The summed E-state index contributed by atoms with van der Waals surface area (Å²) in [5, 5.41) is 13.9. The molecular formula is C19H21N5OS. The molecule has 0 radical (unpaired) electrons. The third-order valence-corrected chi connectivity index (χ3v) is 5.48. The van der Waals surface area contributed by atoms with E-state index in [-0.39, 0.29) is 6.10 Å². The molecule has 3 aromatic heterocycles. The molecule has 0 saturated carbocycles. The van der Waals surface area contributed by atoms with Gasteiger partial charge in [-0.25, -0.2) is 15.0 Å². The van der Waals surface area contributed by atoms with Crippen molar-refractivity contribution in [2.75, 3.05) is 23.3 Å². The predicted molar refractivity (Wildman–Crippen MR) is 105 cm³/mol. The maximum atomic E-state index is 9.66. The van der Waals surface area contributed by atoms with Crippen LogP contribution in [0.4, 0.5) is 16.8 Å². The van der Waals surface area contributed by atoms with Crippen molar-refractivity contribution < 1.29 is 5.11 Å². The van der Waals surface area contributed by atoms with Crippen LogP contribution in [-0.2, 0) is 0 Å². The van der Waals surface area contributed by atoms with Crippen molar-refractivity contribution in [3.05, 3.63) is 48.3 Å². The van der Waals surface area contributed by atoms with Gasteiger partial charge in [0.25, 0.3) is 0 Å². The zero-order valence-corrected chi connectivity index (χ0v) is 15.4. The van der Waals surface area contributed by atoms with Crippen LogP contribution in [0.2, 0.25) is 0 Å². The molecular weight excluding hydrogens is 346 g/mol. The average Bonchev–Trinajstić information content (AvgIpc) is 3.13. The van der Waals surface area contributed by atoms with Crippen molar-refractivity contribution >= 4 is 28.1 Å². The van der Waals surface area contributed by atoms with Gasteiger partial charge >= 0.3 is 0 Å². The van der Waals surface area contributed by atoms with Gasteiger partial charge in [-0.15, -0.1) is 0 Å². The van der Waals surface area contributed by atoms with Crippen molar-refractivity contribution in [3.63, 3.8) is 0 Å². The molecule has 2 N–H and O–H groups in total. The van der Waals surface area contributed by atoms with Crippen LogP contribution < -0.4 is 10.2 Å². The van der Waals surface area contributed by atoms with Crippen LogP contribution in [0.1, 0.15) is 18.4 Å². The Bertz CT molecular complexity index is 889. The van der Waals surface area contributed by atoms with Gasteiger partial charge in [0.2, 0.25) is 0 Å². The molecule has 134 valence electrons. The highest BCUT2D eigenvalue weighted by molar-refractivity contribution is 7.18. The second-order valence-corrected chi connectivity index (χ2v) is 7.49. The molecule has 1 aliphatic heterocycles. The Morgan fingerprint density at radius 3 is 2.81 bits per heavy atom. The summed E-state index contributed by atoms with van der Waals surface area (Å²) in [6.45, 7) is 3.74. The molecule has 4 rings (SSSR count). The lowest BCUT2D eigenvalue weighted by Gasteiger charge is -2.29. The van der Waals surface area contributed by atoms with Crippen molar-refractivity contribution in [2.45, 2.75) is 25.9 Å². The number of hydrogen-bond donors (Lipinski definition) is 2. The quantitative estimate of drug-likeness (QED) is 0.734. The molecule has 3 aromatic rings. The number of nitrogens with zero attached hydrogens (tertiary/aromatic N) is 4. The molecule has 0 aromatic carbocycles. The fourth-order valence-electron chi connectivity index (χ4n) is 2.96. The average molecular weight is 367 g/mol. The molecule has 1 aliphatic rings. The van der Waals surface area contributed by atoms with Gasteiger partial charge < -0.3 is 15.3 Å². The van der Waals surface area contributed by atoms with E-state index in [1.807, 2.05) is 43.5 Å².